The summed E-state index contributed by atoms with van der Waals surface area (Å²) in [7, 11) is 0. The van der Waals surface area contributed by atoms with Crippen molar-refractivity contribution < 1.29 is 4.79 Å². The van der Waals surface area contributed by atoms with Gasteiger partial charge in [-0.1, -0.05) is 47.5 Å². The zero-order chi connectivity index (χ0) is 16.9. The fourth-order valence-corrected chi connectivity index (χ4v) is 2.65. The Hall–Kier alpha value is -2.30. The van der Waals surface area contributed by atoms with Gasteiger partial charge in [-0.25, -0.2) is 4.79 Å². The number of rotatable bonds is 4. The number of fused-ring (bicyclic) bond motifs is 1. The molecule has 0 fully saturated rings. The molecule has 0 spiro atoms. The first kappa shape index (κ1) is 16.6. The van der Waals surface area contributed by atoms with Crippen molar-refractivity contribution in [1.82, 2.24) is 10.3 Å². The molecule has 3 aromatic rings. The second-order valence-electron chi connectivity index (χ2n) is 5.30. The number of aromatic nitrogens is 1. The quantitative estimate of drug-likeness (QED) is 0.695. The van der Waals surface area contributed by atoms with E-state index in [0.717, 1.165) is 16.5 Å². The van der Waals surface area contributed by atoms with Crippen molar-refractivity contribution in [3.05, 3.63) is 70.3 Å². The zero-order valence-electron chi connectivity index (χ0n) is 12.7. The van der Waals surface area contributed by atoms with Gasteiger partial charge in [-0.05, 0) is 36.2 Å². The largest absolute Gasteiger partial charge is 0.338 e. The molecule has 1 aromatic heterocycles. The second-order valence-corrected chi connectivity index (χ2v) is 6.11. The van der Waals surface area contributed by atoms with Crippen molar-refractivity contribution in [2.75, 3.05) is 11.9 Å². The molecule has 0 aliphatic rings. The van der Waals surface area contributed by atoms with Crippen LogP contribution in [0.15, 0.2) is 54.7 Å². The van der Waals surface area contributed by atoms with Gasteiger partial charge in [0.05, 0.1) is 27.4 Å². The minimum atomic E-state index is -0.271. The van der Waals surface area contributed by atoms with E-state index >= 15 is 0 Å². The molecule has 2 amide bonds. The van der Waals surface area contributed by atoms with Crippen molar-refractivity contribution in [3.8, 4) is 0 Å². The molecule has 0 radical (unpaired) electrons. The fourth-order valence-electron chi connectivity index (χ4n) is 2.33. The van der Waals surface area contributed by atoms with E-state index < -0.39 is 0 Å². The van der Waals surface area contributed by atoms with Crippen LogP contribution in [0.3, 0.4) is 0 Å². The number of benzene rings is 2. The topological polar surface area (TPSA) is 54.0 Å². The lowest BCUT2D eigenvalue weighted by Crippen LogP contribution is -2.30. The Bertz CT molecular complexity index is 883. The van der Waals surface area contributed by atoms with E-state index in [1.54, 1.807) is 18.3 Å². The molecule has 2 aromatic carbocycles. The minimum absolute atomic E-state index is 0.271. The van der Waals surface area contributed by atoms with Gasteiger partial charge in [0.25, 0.3) is 0 Å². The van der Waals surface area contributed by atoms with Crippen LogP contribution in [-0.2, 0) is 6.42 Å². The molecular weight excluding hydrogens is 345 g/mol. The molecule has 0 saturated heterocycles. The van der Waals surface area contributed by atoms with E-state index in [0.29, 0.717) is 28.7 Å². The van der Waals surface area contributed by atoms with Crippen molar-refractivity contribution in [2.45, 2.75) is 6.42 Å². The summed E-state index contributed by atoms with van der Waals surface area (Å²) in [5, 5.41) is 7.60. The van der Waals surface area contributed by atoms with E-state index in [9.17, 15) is 4.79 Å². The first-order valence-electron chi connectivity index (χ1n) is 7.45. The summed E-state index contributed by atoms with van der Waals surface area (Å²) in [4.78, 5) is 16.3. The average molecular weight is 360 g/mol. The van der Waals surface area contributed by atoms with Crippen LogP contribution in [0.4, 0.5) is 10.5 Å². The Labute approximate surface area is 149 Å². The predicted octanol–water partition coefficient (Wildman–Crippen LogP) is 4.91. The number of nitrogens with zero attached hydrogens (tertiary/aromatic N) is 1. The molecule has 1 heterocycles. The average Bonchev–Trinajstić information content (AvgIpc) is 2.58. The number of para-hydroxylation sites is 1. The monoisotopic (exact) mass is 359 g/mol. The first-order chi connectivity index (χ1) is 11.6. The lowest BCUT2D eigenvalue weighted by atomic mass is 10.1. The van der Waals surface area contributed by atoms with Gasteiger partial charge in [0, 0.05) is 11.9 Å². The highest BCUT2D eigenvalue weighted by Gasteiger charge is 2.04. The van der Waals surface area contributed by atoms with Crippen LogP contribution in [0.1, 0.15) is 5.56 Å². The number of hydrogen-bond acceptors (Lipinski definition) is 2. The van der Waals surface area contributed by atoms with Gasteiger partial charge in [0.1, 0.15) is 0 Å². The number of urea groups is 1. The molecule has 0 unspecified atom stereocenters. The normalized spacial score (nSPS) is 10.6. The van der Waals surface area contributed by atoms with Gasteiger partial charge in [-0.2, -0.15) is 0 Å². The summed E-state index contributed by atoms with van der Waals surface area (Å²) in [5.74, 6) is 0. The van der Waals surface area contributed by atoms with Crippen LogP contribution < -0.4 is 10.6 Å². The minimum Gasteiger partial charge on any atom is -0.338 e. The molecule has 0 saturated carbocycles. The third-order valence-electron chi connectivity index (χ3n) is 3.53. The maximum atomic E-state index is 12.0. The Morgan fingerprint density at radius 2 is 1.88 bits per heavy atom. The fraction of sp³-hybridized carbons (Fsp3) is 0.111. The third-order valence-corrected chi connectivity index (χ3v) is 4.27. The van der Waals surface area contributed by atoms with E-state index in [4.69, 9.17) is 23.2 Å². The molecule has 2 N–H and O–H groups in total. The van der Waals surface area contributed by atoms with Crippen LogP contribution in [0.2, 0.25) is 10.0 Å². The van der Waals surface area contributed by atoms with Gasteiger partial charge < -0.3 is 10.6 Å². The predicted molar refractivity (Wildman–Crippen MR) is 98.9 cm³/mol. The van der Waals surface area contributed by atoms with Crippen molar-refractivity contribution in [2.24, 2.45) is 0 Å². The summed E-state index contributed by atoms with van der Waals surface area (Å²) < 4.78 is 0. The van der Waals surface area contributed by atoms with E-state index in [-0.39, 0.29) is 6.03 Å². The maximum absolute atomic E-state index is 12.0. The number of halogens is 2. The number of carbonyl (C=O) groups is 1. The van der Waals surface area contributed by atoms with E-state index in [2.05, 4.69) is 15.6 Å². The highest BCUT2D eigenvalue weighted by molar-refractivity contribution is 6.42. The Morgan fingerprint density at radius 1 is 1.04 bits per heavy atom. The van der Waals surface area contributed by atoms with Gasteiger partial charge in [-0.15, -0.1) is 0 Å². The molecule has 0 atom stereocenters. The highest BCUT2D eigenvalue weighted by Crippen LogP contribution is 2.22. The summed E-state index contributed by atoms with van der Waals surface area (Å²) in [5.41, 5.74) is 2.56. The maximum Gasteiger partial charge on any atom is 0.319 e. The van der Waals surface area contributed by atoms with Crippen molar-refractivity contribution in [3.63, 3.8) is 0 Å². The molecule has 3 rings (SSSR count). The van der Waals surface area contributed by atoms with Gasteiger partial charge >= 0.3 is 6.03 Å². The number of nitrogens with one attached hydrogen (secondary N) is 2. The van der Waals surface area contributed by atoms with Crippen LogP contribution in [0.5, 0.6) is 0 Å². The number of amides is 2. The first-order valence-corrected chi connectivity index (χ1v) is 8.21. The third kappa shape index (κ3) is 4.16. The van der Waals surface area contributed by atoms with Crippen LogP contribution >= 0.6 is 23.2 Å². The van der Waals surface area contributed by atoms with Crippen LogP contribution in [-0.4, -0.2) is 17.6 Å². The Morgan fingerprint density at radius 3 is 2.71 bits per heavy atom. The lowest BCUT2D eigenvalue weighted by molar-refractivity contribution is 0.252. The van der Waals surface area contributed by atoms with Crippen LogP contribution in [0.25, 0.3) is 10.9 Å². The lowest BCUT2D eigenvalue weighted by Gasteiger charge is -2.08. The second kappa shape index (κ2) is 7.51. The molecule has 0 aliphatic carbocycles. The number of anilines is 1. The Balaban J connectivity index is 1.53. The summed E-state index contributed by atoms with van der Waals surface area (Å²) >= 11 is 11.9. The SMILES string of the molecule is O=C(NCCc1ccc(Cl)c(Cl)c1)Nc1cnc2ccccc2c1. The summed E-state index contributed by atoms with van der Waals surface area (Å²) in [6.07, 6.45) is 2.31. The van der Waals surface area contributed by atoms with E-state index in [1.165, 1.54) is 0 Å². The molecule has 122 valence electrons. The van der Waals surface area contributed by atoms with Crippen LogP contribution in [0, 0.1) is 0 Å². The molecular formula is C18H15Cl2N3O. The molecule has 0 aliphatic heterocycles. The van der Waals surface area contributed by atoms with Gasteiger partial charge in [0.2, 0.25) is 0 Å². The molecule has 6 heteroatoms. The van der Waals surface area contributed by atoms with Gasteiger partial charge in [0.15, 0.2) is 0 Å². The summed E-state index contributed by atoms with van der Waals surface area (Å²) in [6.45, 7) is 0.491. The zero-order valence-corrected chi connectivity index (χ0v) is 14.2. The number of carbonyl (C=O) groups excluding carboxylic acids is 1. The number of pyridine rings is 1. The van der Waals surface area contributed by atoms with Gasteiger partial charge in [-0.3, -0.25) is 4.98 Å². The van der Waals surface area contributed by atoms with Crippen molar-refractivity contribution in [1.29, 1.82) is 0 Å². The molecule has 0 bridgehead atoms. The van der Waals surface area contributed by atoms with Crippen molar-refractivity contribution >= 4 is 45.8 Å². The molecule has 24 heavy (non-hydrogen) atoms. The standard InChI is InChI=1S/C18H15Cl2N3O/c19-15-6-5-12(9-16(15)20)7-8-21-18(24)23-14-10-13-3-1-2-4-17(13)22-11-14/h1-6,9-11H,7-8H2,(H2,21,23,24). The number of hydrogen-bond donors (Lipinski definition) is 2. The highest BCUT2D eigenvalue weighted by atomic mass is 35.5. The smallest absolute Gasteiger partial charge is 0.319 e. The summed E-state index contributed by atoms with van der Waals surface area (Å²) in [6, 6.07) is 14.8. The Kier molecular flexibility index (Phi) is 5.18. The van der Waals surface area contributed by atoms with E-state index in [1.807, 2.05) is 36.4 Å². The molecule has 4 nitrogen and oxygen atoms in total.